The largest absolute Gasteiger partial charge is 0.340 e. The topological polar surface area (TPSA) is 49.4 Å². The molecule has 0 radical (unpaired) electrons. The summed E-state index contributed by atoms with van der Waals surface area (Å²) in [4.78, 5) is 26.1. The van der Waals surface area contributed by atoms with Crippen LogP contribution in [0.25, 0.3) is 0 Å². The first-order chi connectivity index (χ1) is 9.28. The van der Waals surface area contributed by atoms with E-state index in [2.05, 4.69) is 21.2 Å². The van der Waals surface area contributed by atoms with Crippen LogP contribution in [0.4, 0.5) is 5.69 Å². The second kappa shape index (κ2) is 5.20. The van der Waals surface area contributed by atoms with E-state index in [9.17, 15) is 9.59 Å². The van der Waals surface area contributed by atoms with Crippen LogP contribution >= 0.6 is 15.9 Å². The lowest BCUT2D eigenvalue weighted by Gasteiger charge is -2.39. The van der Waals surface area contributed by atoms with Gasteiger partial charge in [0, 0.05) is 10.2 Å². The first-order valence-corrected chi connectivity index (χ1v) is 7.47. The number of piperazine rings is 1. The van der Waals surface area contributed by atoms with Crippen LogP contribution in [0.2, 0.25) is 0 Å². The van der Waals surface area contributed by atoms with Crippen molar-refractivity contribution in [1.29, 1.82) is 0 Å². The highest BCUT2D eigenvalue weighted by atomic mass is 79.9. The molecule has 0 aromatic heterocycles. The highest BCUT2D eigenvalue weighted by Crippen LogP contribution is 2.30. The molecule has 0 saturated carbocycles. The molecule has 20 heavy (non-hydrogen) atoms. The molecule has 4 nitrogen and oxygen atoms in total. The summed E-state index contributed by atoms with van der Waals surface area (Å²) >= 11 is 3.52. The van der Waals surface area contributed by atoms with Gasteiger partial charge in [0.2, 0.25) is 5.91 Å². The van der Waals surface area contributed by atoms with Crippen molar-refractivity contribution in [3.05, 3.63) is 27.7 Å². The number of amides is 2. The fourth-order valence-electron chi connectivity index (χ4n) is 2.44. The van der Waals surface area contributed by atoms with Crippen molar-refractivity contribution in [2.24, 2.45) is 0 Å². The minimum atomic E-state index is -0.815. The quantitative estimate of drug-likeness (QED) is 0.901. The number of rotatable bonds is 2. The summed E-state index contributed by atoms with van der Waals surface area (Å²) in [7, 11) is 0. The molecule has 1 fully saturated rings. The number of hydrogen-bond acceptors (Lipinski definition) is 2. The van der Waals surface area contributed by atoms with Gasteiger partial charge in [-0.1, -0.05) is 22.9 Å². The average molecular weight is 339 g/mol. The molecule has 1 saturated heterocycles. The molecule has 1 aliphatic rings. The molecule has 1 heterocycles. The van der Waals surface area contributed by atoms with Crippen LogP contribution in [-0.2, 0) is 9.59 Å². The second-order valence-electron chi connectivity index (χ2n) is 5.52. The molecular weight excluding hydrogens is 320 g/mol. The predicted molar refractivity (Wildman–Crippen MR) is 82.8 cm³/mol. The number of aryl methyl sites for hydroxylation is 2. The van der Waals surface area contributed by atoms with E-state index in [0.29, 0.717) is 6.42 Å². The van der Waals surface area contributed by atoms with Crippen LogP contribution < -0.4 is 10.2 Å². The number of carbonyl (C=O) groups is 2. The van der Waals surface area contributed by atoms with Crippen molar-refractivity contribution >= 4 is 33.4 Å². The summed E-state index contributed by atoms with van der Waals surface area (Å²) in [6, 6.07) is 3.87. The SMILES string of the molecule is CCC1(C)NC(=O)CN(c2cc(C)c(Br)c(C)c2)C1=O. The Hall–Kier alpha value is -1.36. The van der Waals surface area contributed by atoms with Crippen LogP contribution in [0.5, 0.6) is 0 Å². The Morgan fingerprint density at radius 1 is 1.30 bits per heavy atom. The van der Waals surface area contributed by atoms with E-state index in [-0.39, 0.29) is 18.4 Å². The molecule has 0 bridgehead atoms. The summed E-state index contributed by atoms with van der Waals surface area (Å²) in [6.07, 6.45) is 0.572. The van der Waals surface area contributed by atoms with Gasteiger partial charge in [-0.2, -0.15) is 0 Å². The lowest BCUT2D eigenvalue weighted by molar-refractivity contribution is -0.135. The minimum Gasteiger partial charge on any atom is -0.340 e. The third kappa shape index (κ3) is 2.46. The van der Waals surface area contributed by atoms with Crippen molar-refractivity contribution in [2.45, 2.75) is 39.7 Å². The molecule has 108 valence electrons. The van der Waals surface area contributed by atoms with Gasteiger partial charge >= 0.3 is 0 Å². The van der Waals surface area contributed by atoms with Crippen LogP contribution in [0.1, 0.15) is 31.4 Å². The van der Waals surface area contributed by atoms with Crippen molar-refractivity contribution < 1.29 is 9.59 Å². The van der Waals surface area contributed by atoms with E-state index in [0.717, 1.165) is 21.3 Å². The Morgan fingerprint density at radius 3 is 2.35 bits per heavy atom. The number of nitrogens with one attached hydrogen (secondary N) is 1. The fourth-order valence-corrected chi connectivity index (χ4v) is 2.67. The lowest BCUT2D eigenvalue weighted by atomic mass is 9.93. The average Bonchev–Trinajstić information content (AvgIpc) is 2.39. The number of anilines is 1. The predicted octanol–water partition coefficient (Wildman–Crippen LogP) is 2.70. The van der Waals surface area contributed by atoms with Gasteiger partial charge in [-0.3, -0.25) is 9.59 Å². The number of benzene rings is 1. The zero-order valence-corrected chi connectivity index (χ0v) is 13.8. The minimum absolute atomic E-state index is 0.0549. The molecule has 1 unspecified atom stereocenters. The Kier molecular flexibility index (Phi) is 3.91. The van der Waals surface area contributed by atoms with Gasteiger partial charge in [0.05, 0.1) is 0 Å². The Bertz CT molecular complexity index is 562. The van der Waals surface area contributed by atoms with Gasteiger partial charge in [-0.05, 0) is 50.5 Å². The monoisotopic (exact) mass is 338 g/mol. The van der Waals surface area contributed by atoms with E-state index in [4.69, 9.17) is 0 Å². The summed E-state index contributed by atoms with van der Waals surface area (Å²) in [5.41, 5.74) is 2.07. The Labute approximate surface area is 127 Å². The molecule has 1 N–H and O–H groups in total. The molecular formula is C15H19BrN2O2. The highest BCUT2D eigenvalue weighted by Gasteiger charge is 2.42. The van der Waals surface area contributed by atoms with Crippen LogP contribution in [0, 0.1) is 13.8 Å². The fraction of sp³-hybridized carbons (Fsp3) is 0.467. The zero-order chi connectivity index (χ0) is 15.1. The number of hydrogen-bond donors (Lipinski definition) is 1. The standard InChI is InChI=1S/C15H19BrN2O2/c1-5-15(4)14(20)18(8-12(19)17-15)11-6-9(2)13(16)10(3)7-11/h6-7H,5,8H2,1-4H3,(H,17,19). The second-order valence-corrected chi connectivity index (χ2v) is 6.31. The van der Waals surface area contributed by atoms with Crippen molar-refractivity contribution in [2.75, 3.05) is 11.4 Å². The van der Waals surface area contributed by atoms with Gasteiger partial charge in [0.25, 0.3) is 5.91 Å². The first kappa shape index (κ1) is 15.0. The molecule has 1 aliphatic heterocycles. The number of nitrogens with zero attached hydrogens (tertiary/aromatic N) is 1. The zero-order valence-electron chi connectivity index (χ0n) is 12.2. The van der Waals surface area contributed by atoms with Gasteiger partial charge < -0.3 is 10.2 Å². The van der Waals surface area contributed by atoms with Gasteiger partial charge in [-0.25, -0.2) is 0 Å². The van der Waals surface area contributed by atoms with E-state index < -0.39 is 5.54 Å². The normalized spacial score (nSPS) is 22.9. The molecule has 1 atom stereocenters. The summed E-state index contributed by atoms with van der Waals surface area (Å²) in [5.74, 6) is -0.173. The van der Waals surface area contributed by atoms with Gasteiger partial charge in [-0.15, -0.1) is 0 Å². The Morgan fingerprint density at radius 2 is 1.85 bits per heavy atom. The van der Waals surface area contributed by atoms with Gasteiger partial charge in [0.15, 0.2) is 0 Å². The Balaban J connectivity index is 2.46. The molecule has 2 amide bonds. The van der Waals surface area contributed by atoms with Crippen molar-refractivity contribution in [3.8, 4) is 0 Å². The lowest BCUT2D eigenvalue weighted by Crippen LogP contribution is -2.65. The first-order valence-electron chi connectivity index (χ1n) is 6.68. The van der Waals surface area contributed by atoms with Crippen LogP contribution in [0.15, 0.2) is 16.6 Å². The number of halogens is 1. The highest BCUT2D eigenvalue weighted by molar-refractivity contribution is 9.10. The van der Waals surface area contributed by atoms with Crippen LogP contribution in [0.3, 0.4) is 0 Å². The molecule has 2 rings (SSSR count). The van der Waals surface area contributed by atoms with Crippen molar-refractivity contribution in [3.63, 3.8) is 0 Å². The summed E-state index contributed by atoms with van der Waals surface area (Å²) in [5, 5.41) is 2.79. The van der Waals surface area contributed by atoms with Crippen LogP contribution in [-0.4, -0.2) is 23.9 Å². The summed E-state index contributed by atoms with van der Waals surface area (Å²) < 4.78 is 1.04. The van der Waals surface area contributed by atoms with E-state index in [1.165, 1.54) is 0 Å². The van der Waals surface area contributed by atoms with Crippen molar-refractivity contribution in [1.82, 2.24) is 5.32 Å². The van der Waals surface area contributed by atoms with Gasteiger partial charge in [0.1, 0.15) is 12.1 Å². The van der Waals surface area contributed by atoms with E-state index >= 15 is 0 Å². The van der Waals surface area contributed by atoms with E-state index in [1.807, 2.05) is 32.9 Å². The molecule has 5 heteroatoms. The molecule has 1 aromatic rings. The third-order valence-electron chi connectivity index (χ3n) is 3.87. The number of carbonyl (C=O) groups excluding carboxylic acids is 2. The smallest absolute Gasteiger partial charge is 0.252 e. The van der Waals surface area contributed by atoms with E-state index in [1.54, 1.807) is 11.8 Å². The maximum atomic E-state index is 12.6. The third-order valence-corrected chi connectivity index (χ3v) is 5.13. The molecule has 1 aromatic carbocycles. The summed E-state index contributed by atoms with van der Waals surface area (Å²) in [6.45, 7) is 7.72. The maximum Gasteiger partial charge on any atom is 0.252 e. The molecule has 0 aliphatic carbocycles. The molecule has 0 spiro atoms. The maximum absolute atomic E-state index is 12.6.